The van der Waals surface area contributed by atoms with Crippen molar-refractivity contribution >= 4 is 16.7 Å². The summed E-state index contributed by atoms with van der Waals surface area (Å²) in [6.07, 6.45) is 4.84. The highest BCUT2D eigenvalue weighted by atomic mass is 16.5. The van der Waals surface area contributed by atoms with E-state index in [9.17, 15) is 4.79 Å². The van der Waals surface area contributed by atoms with Crippen LogP contribution >= 0.6 is 0 Å². The molecular formula is C21H27NO2. The highest BCUT2D eigenvalue weighted by molar-refractivity contribution is 5.88. The molecule has 0 radical (unpaired) electrons. The van der Waals surface area contributed by atoms with Crippen LogP contribution in [0.15, 0.2) is 36.4 Å². The molecule has 3 heteroatoms. The number of nitrogens with one attached hydrogen (secondary N) is 1. The van der Waals surface area contributed by atoms with Gasteiger partial charge in [-0.1, -0.05) is 44.0 Å². The Morgan fingerprint density at radius 2 is 1.83 bits per heavy atom. The van der Waals surface area contributed by atoms with Crippen LogP contribution in [0, 0.1) is 5.92 Å². The van der Waals surface area contributed by atoms with E-state index in [2.05, 4.69) is 30.4 Å². The number of carbonyl (C=O) groups is 1. The standard InChI is InChI=1S/C21H27NO2/c1-14-6-4-5-7-20(14)22-21(23)15(2)16-8-9-18-13-19(24-3)11-10-17(18)12-16/h8-15,20H,4-7H2,1-3H3,(H,22,23)/t14?,15-,20?/m0/s1. The van der Waals surface area contributed by atoms with Crippen LogP contribution in [0.25, 0.3) is 10.8 Å². The predicted octanol–water partition coefficient (Wildman–Crippen LogP) is 4.65. The largest absolute Gasteiger partial charge is 0.497 e. The van der Waals surface area contributed by atoms with Gasteiger partial charge in [-0.25, -0.2) is 0 Å². The zero-order chi connectivity index (χ0) is 17.1. The van der Waals surface area contributed by atoms with E-state index in [-0.39, 0.29) is 11.8 Å². The zero-order valence-corrected chi connectivity index (χ0v) is 14.8. The van der Waals surface area contributed by atoms with Crippen molar-refractivity contribution in [2.75, 3.05) is 7.11 Å². The van der Waals surface area contributed by atoms with Crippen molar-refractivity contribution < 1.29 is 9.53 Å². The van der Waals surface area contributed by atoms with Gasteiger partial charge in [0.15, 0.2) is 0 Å². The van der Waals surface area contributed by atoms with Crippen molar-refractivity contribution in [3.8, 4) is 5.75 Å². The number of benzene rings is 2. The molecule has 0 bridgehead atoms. The fraction of sp³-hybridized carbons (Fsp3) is 0.476. The second-order valence-electron chi connectivity index (χ2n) is 7.07. The molecule has 1 aliphatic rings. The second-order valence-corrected chi connectivity index (χ2v) is 7.07. The Hall–Kier alpha value is -2.03. The molecular weight excluding hydrogens is 298 g/mol. The van der Waals surface area contributed by atoms with Crippen LogP contribution < -0.4 is 10.1 Å². The molecule has 1 N–H and O–H groups in total. The van der Waals surface area contributed by atoms with E-state index < -0.39 is 0 Å². The van der Waals surface area contributed by atoms with Gasteiger partial charge >= 0.3 is 0 Å². The summed E-state index contributed by atoms with van der Waals surface area (Å²) in [6, 6.07) is 12.6. The molecule has 128 valence electrons. The first-order valence-corrected chi connectivity index (χ1v) is 8.96. The van der Waals surface area contributed by atoms with E-state index in [1.54, 1.807) is 7.11 Å². The van der Waals surface area contributed by atoms with Gasteiger partial charge in [0.05, 0.1) is 13.0 Å². The molecule has 0 aliphatic heterocycles. The van der Waals surface area contributed by atoms with Crippen LogP contribution in [0.2, 0.25) is 0 Å². The molecule has 0 saturated heterocycles. The van der Waals surface area contributed by atoms with E-state index in [0.717, 1.165) is 28.5 Å². The first-order chi connectivity index (χ1) is 11.6. The molecule has 0 heterocycles. The van der Waals surface area contributed by atoms with E-state index >= 15 is 0 Å². The van der Waals surface area contributed by atoms with Crippen LogP contribution in [-0.4, -0.2) is 19.1 Å². The third kappa shape index (κ3) is 3.55. The van der Waals surface area contributed by atoms with Gasteiger partial charge in [-0.05, 0) is 54.2 Å². The minimum absolute atomic E-state index is 0.134. The molecule has 3 rings (SSSR count). The fourth-order valence-corrected chi connectivity index (χ4v) is 3.63. The van der Waals surface area contributed by atoms with Crippen molar-refractivity contribution in [1.29, 1.82) is 0 Å². The molecule has 24 heavy (non-hydrogen) atoms. The topological polar surface area (TPSA) is 38.3 Å². The summed E-state index contributed by atoms with van der Waals surface area (Å²) in [6.45, 7) is 4.24. The van der Waals surface area contributed by atoms with Crippen molar-refractivity contribution in [2.45, 2.75) is 51.5 Å². The molecule has 2 unspecified atom stereocenters. The van der Waals surface area contributed by atoms with Gasteiger partial charge < -0.3 is 10.1 Å². The van der Waals surface area contributed by atoms with E-state index in [0.29, 0.717) is 12.0 Å². The number of hydrogen-bond donors (Lipinski definition) is 1. The highest BCUT2D eigenvalue weighted by Crippen LogP contribution is 2.27. The van der Waals surface area contributed by atoms with Gasteiger partial charge in [0.1, 0.15) is 5.75 Å². The maximum atomic E-state index is 12.7. The van der Waals surface area contributed by atoms with Gasteiger partial charge in [0.2, 0.25) is 5.91 Å². The molecule has 3 atom stereocenters. The fourth-order valence-electron chi connectivity index (χ4n) is 3.63. The number of fused-ring (bicyclic) bond motifs is 1. The lowest BCUT2D eigenvalue weighted by atomic mass is 9.85. The Labute approximate surface area is 144 Å². The van der Waals surface area contributed by atoms with Crippen molar-refractivity contribution in [2.24, 2.45) is 5.92 Å². The van der Waals surface area contributed by atoms with E-state index in [1.807, 2.05) is 25.1 Å². The smallest absolute Gasteiger partial charge is 0.227 e. The quantitative estimate of drug-likeness (QED) is 0.889. The second kappa shape index (κ2) is 7.25. The predicted molar refractivity (Wildman–Crippen MR) is 98.5 cm³/mol. The van der Waals surface area contributed by atoms with Crippen LogP contribution in [0.5, 0.6) is 5.75 Å². The lowest BCUT2D eigenvalue weighted by Crippen LogP contribution is -2.42. The summed E-state index contributed by atoms with van der Waals surface area (Å²) in [5.41, 5.74) is 1.06. The SMILES string of the molecule is COc1ccc2cc([C@H](C)C(=O)NC3CCCCC3C)ccc2c1. The minimum atomic E-state index is -0.134. The monoisotopic (exact) mass is 325 g/mol. The minimum Gasteiger partial charge on any atom is -0.497 e. The van der Waals surface area contributed by atoms with Gasteiger partial charge in [-0.2, -0.15) is 0 Å². The molecule has 3 nitrogen and oxygen atoms in total. The van der Waals surface area contributed by atoms with Crippen molar-refractivity contribution in [3.05, 3.63) is 42.0 Å². The Kier molecular flexibility index (Phi) is 5.08. The summed E-state index contributed by atoms with van der Waals surface area (Å²) in [4.78, 5) is 12.7. The van der Waals surface area contributed by atoms with E-state index in [4.69, 9.17) is 4.74 Å². The van der Waals surface area contributed by atoms with Gasteiger partial charge in [0, 0.05) is 6.04 Å². The maximum absolute atomic E-state index is 12.7. The third-order valence-electron chi connectivity index (χ3n) is 5.40. The lowest BCUT2D eigenvalue weighted by Gasteiger charge is -2.30. The summed E-state index contributed by atoms with van der Waals surface area (Å²) < 4.78 is 5.27. The Balaban J connectivity index is 1.74. The number of hydrogen-bond acceptors (Lipinski definition) is 2. The first-order valence-electron chi connectivity index (χ1n) is 8.96. The number of carbonyl (C=O) groups excluding carboxylic acids is 1. The number of ether oxygens (including phenoxy) is 1. The summed E-state index contributed by atoms with van der Waals surface area (Å²) >= 11 is 0. The van der Waals surface area contributed by atoms with Crippen molar-refractivity contribution in [3.63, 3.8) is 0 Å². The molecule has 0 spiro atoms. The van der Waals surface area contributed by atoms with E-state index in [1.165, 1.54) is 19.3 Å². The summed E-state index contributed by atoms with van der Waals surface area (Å²) in [5.74, 6) is 1.44. The summed E-state index contributed by atoms with van der Waals surface area (Å²) in [5, 5.41) is 5.54. The molecule has 2 aromatic carbocycles. The number of amides is 1. The van der Waals surface area contributed by atoms with Crippen LogP contribution in [0.1, 0.15) is 51.0 Å². The van der Waals surface area contributed by atoms with Crippen LogP contribution in [0.3, 0.4) is 0 Å². The molecule has 2 aromatic rings. The maximum Gasteiger partial charge on any atom is 0.227 e. The molecule has 0 aromatic heterocycles. The van der Waals surface area contributed by atoms with Gasteiger partial charge in [0.25, 0.3) is 0 Å². The van der Waals surface area contributed by atoms with Crippen molar-refractivity contribution in [1.82, 2.24) is 5.32 Å². The van der Waals surface area contributed by atoms with Gasteiger partial charge in [-0.15, -0.1) is 0 Å². The number of rotatable bonds is 4. The van der Waals surface area contributed by atoms with Crippen LogP contribution in [0.4, 0.5) is 0 Å². The average Bonchev–Trinajstić information content (AvgIpc) is 2.62. The lowest BCUT2D eigenvalue weighted by molar-refractivity contribution is -0.123. The van der Waals surface area contributed by atoms with Gasteiger partial charge in [-0.3, -0.25) is 4.79 Å². The zero-order valence-electron chi connectivity index (χ0n) is 14.8. The Morgan fingerprint density at radius 1 is 1.12 bits per heavy atom. The highest BCUT2D eigenvalue weighted by Gasteiger charge is 2.25. The third-order valence-corrected chi connectivity index (χ3v) is 5.40. The molecule has 1 saturated carbocycles. The normalized spacial score (nSPS) is 22.1. The molecule has 1 amide bonds. The van der Waals surface area contributed by atoms with Crippen LogP contribution in [-0.2, 0) is 4.79 Å². The first kappa shape index (κ1) is 16.8. The Morgan fingerprint density at radius 3 is 2.58 bits per heavy atom. The number of methoxy groups -OCH3 is 1. The molecule has 1 aliphatic carbocycles. The molecule has 1 fully saturated rings. The average molecular weight is 325 g/mol. The summed E-state index contributed by atoms with van der Waals surface area (Å²) in [7, 11) is 1.67. The Bertz CT molecular complexity index is 725.